The maximum Gasteiger partial charge on any atom is 0.0746 e. The summed E-state index contributed by atoms with van der Waals surface area (Å²) in [4.78, 5) is 32.7. The highest BCUT2D eigenvalue weighted by atomic mass is 14.8. The molecule has 21 rings (SSSR count). The number of benzene rings is 7. The summed E-state index contributed by atoms with van der Waals surface area (Å²) >= 11 is 0. The number of aromatic nitrogens is 7. The lowest BCUT2D eigenvalue weighted by Crippen LogP contribution is -1.97. The molecular formula is C107H109N7. The topological polar surface area (TPSA) is 90.2 Å². The number of hydrogen-bond donors (Lipinski definition) is 0. The summed E-state index contributed by atoms with van der Waals surface area (Å²) < 4.78 is 0. The second-order valence-electron chi connectivity index (χ2n) is 33.6. The summed E-state index contributed by atoms with van der Waals surface area (Å²) in [5.41, 5.74) is 68.5. The van der Waals surface area contributed by atoms with Crippen LogP contribution < -0.4 is 0 Å². The zero-order chi connectivity index (χ0) is 80.7. The Balaban J connectivity index is 0.000000105. The van der Waals surface area contributed by atoms with Crippen molar-refractivity contribution >= 4 is 0 Å². The standard InChI is InChI=1S/3C16H17N.3C15H15N.C14H13N/c1-9-5-6-13-14(11(9)3)7-15-12(4)10(2)8-17-16(13)15;1-9-5-6-14-15(11(9)3)8-13-7-10(2)12(4)17-16(13)14;1-9-5-6-13-15(12(9)4)8-14-10(2)7-11(3)17-16(13)14;1-9-4-5-12-7-13-11(3)10(2)8-16-15(13)14(12)6-9;1-9-5-4-6-12-7-13-11(3)10(2)8-16-15(13)14(9)12;1-9-10(2)14-8-12-6-4-5-7-13(12)15(14)16-11(9)3;1-9-8-15-14-12-6-4-3-5-11(12)7-13(14)10(9)2/h5-6,8H,7H2,1-4H3;2*5-7H,8H2,1-4H3;2*4-6,8H,7H2,1-3H3;4-7H,8H2,1-3H3;3-6,8H,7H2,1-2H3. The van der Waals surface area contributed by atoms with Crippen molar-refractivity contribution in [1.29, 1.82) is 0 Å². The molecule has 7 aliphatic carbocycles. The quantitative estimate of drug-likeness (QED) is 0.149. The molecule has 0 saturated heterocycles. The first-order chi connectivity index (χ1) is 54.5. The van der Waals surface area contributed by atoms with E-state index in [4.69, 9.17) is 15.0 Å². The molecule has 0 unspecified atom stereocenters. The van der Waals surface area contributed by atoms with Crippen LogP contribution in [0, 0.1) is 159 Å². The van der Waals surface area contributed by atoms with Gasteiger partial charge in [0.1, 0.15) is 0 Å². The third-order valence-corrected chi connectivity index (χ3v) is 26.6. The molecule has 7 aromatic heterocycles. The van der Waals surface area contributed by atoms with Crippen LogP contribution in [0.2, 0.25) is 0 Å². The van der Waals surface area contributed by atoms with E-state index in [9.17, 15) is 0 Å². The van der Waals surface area contributed by atoms with E-state index in [0.717, 1.165) is 62.0 Å². The van der Waals surface area contributed by atoms with E-state index in [1.54, 1.807) is 0 Å². The normalized spacial score (nSPS) is 12.4. The van der Waals surface area contributed by atoms with Crippen molar-refractivity contribution in [3.05, 3.63) is 364 Å². The molecule has 0 saturated carbocycles. The molecule has 0 fully saturated rings. The summed E-state index contributed by atoms with van der Waals surface area (Å²) in [6.07, 6.45) is 15.3. The monoisotopic (exact) mass is 1490 g/mol. The lowest BCUT2D eigenvalue weighted by atomic mass is 9.99. The van der Waals surface area contributed by atoms with Crippen LogP contribution in [0.15, 0.2) is 158 Å². The van der Waals surface area contributed by atoms with Crippen molar-refractivity contribution in [3.63, 3.8) is 0 Å². The first kappa shape index (κ1) is 77.9. The highest BCUT2D eigenvalue weighted by molar-refractivity contribution is 5.82. The van der Waals surface area contributed by atoms with E-state index in [1.807, 2.05) is 24.8 Å². The number of aryl methyl sites for hydroxylation is 14. The van der Waals surface area contributed by atoms with E-state index in [1.165, 1.54) is 268 Å². The lowest BCUT2D eigenvalue weighted by molar-refractivity contribution is 1.09. The Morgan fingerprint density at radius 3 is 1.14 bits per heavy atom. The molecule has 7 heteroatoms. The van der Waals surface area contributed by atoms with E-state index in [-0.39, 0.29) is 0 Å². The molecule has 0 bridgehead atoms. The Morgan fingerprint density at radius 1 is 0.202 bits per heavy atom. The number of fused-ring (bicyclic) bond motifs is 21. The van der Waals surface area contributed by atoms with Gasteiger partial charge in [0.05, 0.1) is 39.9 Å². The largest absolute Gasteiger partial charge is 0.256 e. The van der Waals surface area contributed by atoms with E-state index in [0.29, 0.717) is 0 Å². The molecule has 0 aliphatic heterocycles. The summed E-state index contributed by atoms with van der Waals surface area (Å²) in [6.45, 7) is 49.9. The van der Waals surface area contributed by atoms with Crippen LogP contribution in [0.5, 0.6) is 0 Å². The number of pyridine rings is 7. The van der Waals surface area contributed by atoms with Crippen LogP contribution >= 0.6 is 0 Å². The summed E-state index contributed by atoms with van der Waals surface area (Å²) in [7, 11) is 0. The Hall–Kier alpha value is -11.4. The fourth-order valence-electron chi connectivity index (χ4n) is 18.0. The minimum atomic E-state index is 1.05. The average Bonchev–Trinajstić information content (AvgIpc) is 1.68. The van der Waals surface area contributed by atoms with E-state index < -0.39 is 0 Å². The first-order valence-electron chi connectivity index (χ1n) is 40.9. The molecule has 7 aromatic carbocycles. The number of rotatable bonds is 0. The molecule has 14 aromatic rings. The smallest absolute Gasteiger partial charge is 0.0746 e. The maximum absolute atomic E-state index is 4.77. The zero-order valence-electron chi connectivity index (χ0n) is 71.6. The Labute approximate surface area is 678 Å². The minimum absolute atomic E-state index is 1.05. The number of hydrogen-bond acceptors (Lipinski definition) is 7. The molecule has 114 heavy (non-hydrogen) atoms. The third-order valence-electron chi connectivity index (χ3n) is 26.6. The van der Waals surface area contributed by atoms with Crippen LogP contribution in [0.1, 0.15) is 206 Å². The predicted molar refractivity (Wildman–Crippen MR) is 476 cm³/mol. The molecule has 0 amide bonds. The van der Waals surface area contributed by atoms with Crippen molar-refractivity contribution in [3.8, 4) is 78.8 Å². The molecule has 0 spiro atoms. The van der Waals surface area contributed by atoms with Gasteiger partial charge in [-0.25, -0.2) is 0 Å². The summed E-state index contributed by atoms with van der Waals surface area (Å²) in [5.74, 6) is 0. The van der Waals surface area contributed by atoms with Gasteiger partial charge in [-0.2, -0.15) is 0 Å². The highest BCUT2D eigenvalue weighted by Gasteiger charge is 2.30. The van der Waals surface area contributed by atoms with Gasteiger partial charge in [0.15, 0.2) is 0 Å². The Morgan fingerprint density at radius 2 is 0.588 bits per heavy atom. The van der Waals surface area contributed by atoms with Crippen molar-refractivity contribution in [2.24, 2.45) is 0 Å². The average molecular weight is 1490 g/mol. The molecule has 7 heterocycles. The van der Waals surface area contributed by atoms with Gasteiger partial charge in [-0.05, 0) is 355 Å². The molecule has 7 aliphatic rings. The van der Waals surface area contributed by atoms with Gasteiger partial charge in [0.25, 0.3) is 0 Å². The molecule has 572 valence electrons. The fourth-order valence-corrected chi connectivity index (χ4v) is 18.0. The van der Waals surface area contributed by atoms with Crippen molar-refractivity contribution in [1.82, 2.24) is 34.9 Å². The van der Waals surface area contributed by atoms with Gasteiger partial charge in [-0.3, -0.25) is 34.9 Å². The Bertz CT molecular complexity index is 6230. The van der Waals surface area contributed by atoms with Crippen LogP contribution in [-0.2, 0) is 44.9 Å². The van der Waals surface area contributed by atoms with Crippen molar-refractivity contribution in [2.45, 2.75) is 204 Å². The summed E-state index contributed by atoms with van der Waals surface area (Å²) in [5, 5.41) is 0. The van der Waals surface area contributed by atoms with Gasteiger partial charge in [0, 0.05) is 126 Å². The van der Waals surface area contributed by atoms with Gasteiger partial charge >= 0.3 is 0 Å². The maximum atomic E-state index is 4.77. The zero-order valence-corrected chi connectivity index (χ0v) is 71.6. The SMILES string of the molecule is Cc1cc(C)c2c(n1)-c1ccc(C)c(C)c1C2.Cc1cc2c(nc1C)-c1ccc(C)c(C)c1C2.Cc1ccc2c(c1)-c1ncc(C)c(C)c1C2.Cc1ccc2c(c1C)Cc1c-2ncc(C)c1C.Cc1cnc2c(c1C)Cc1cccc(C)c1-2.Cc1cnc2c(c1C)Cc1ccccc1-2.Cc1nc2c(c(C)c1C)Cc1ccccc1-2. The van der Waals surface area contributed by atoms with Gasteiger partial charge in [0.2, 0.25) is 0 Å². The van der Waals surface area contributed by atoms with Crippen LogP contribution in [-0.4, -0.2) is 34.9 Å². The molecular weight excluding hydrogens is 1380 g/mol. The second kappa shape index (κ2) is 31.2. The predicted octanol–water partition coefficient (Wildman–Crippen LogP) is 25.7. The van der Waals surface area contributed by atoms with Gasteiger partial charge in [-0.15, -0.1) is 0 Å². The highest BCUT2D eigenvalue weighted by Crippen LogP contribution is 2.46. The summed E-state index contributed by atoms with van der Waals surface area (Å²) in [6, 6.07) is 48.2. The molecule has 7 nitrogen and oxygen atoms in total. The molecule has 0 radical (unpaired) electrons. The fraction of sp³-hybridized carbons (Fsp3) is 0.280. The van der Waals surface area contributed by atoms with E-state index in [2.05, 4.69) is 313 Å². The molecule has 0 N–H and O–H groups in total. The minimum Gasteiger partial charge on any atom is -0.256 e. The van der Waals surface area contributed by atoms with Crippen molar-refractivity contribution < 1.29 is 0 Å². The van der Waals surface area contributed by atoms with Crippen LogP contribution in [0.4, 0.5) is 0 Å². The Kier molecular flexibility index (Phi) is 21.3. The first-order valence-corrected chi connectivity index (χ1v) is 40.9. The number of nitrogens with zero attached hydrogens (tertiary/aromatic N) is 7. The molecule has 0 atom stereocenters. The van der Waals surface area contributed by atoms with Crippen molar-refractivity contribution in [2.75, 3.05) is 0 Å². The van der Waals surface area contributed by atoms with Gasteiger partial charge in [-0.1, -0.05) is 127 Å². The second-order valence-corrected chi connectivity index (χ2v) is 33.6. The lowest BCUT2D eigenvalue weighted by Gasteiger charge is -2.10. The van der Waals surface area contributed by atoms with Crippen LogP contribution in [0.25, 0.3) is 78.8 Å². The van der Waals surface area contributed by atoms with Gasteiger partial charge < -0.3 is 0 Å². The van der Waals surface area contributed by atoms with Crippen LogP contribution in [0.3, 0.4) is 0 Å². The van der Waals surface area contributed by atoms with E-state index >= 15 is 0 Å². The third kappa shape index (κ3) is 14.3.